The molecule has 1 rings (SSSR count). The first kappa shape index (κ1) is 15.0. The maximum absolute atomic E-state index is 12.0. The minimum absolute atomic E-state index is 0.0631. The van der Waals surface area contributed by atoms with Gasteiger partial charge in [0.05, 0.1) is 0 Å². The van der Waals surface area contributed by atoms with Gasteiger partial charge in [0.25, 0.3) is 5.91 Å². The molecule has 0 bridgehead atoms. The Balaban J connectivity index is 2.63. The summed E-state index contributed by atoms with van der Waals surface area (Å²) in [6.45, 7) is 9.32. The summed E-state index contributed by atoms with van der Waals surface area (Å²) in [6.07, 6.45) is 0. The smallest absolute Gasteiger partial charge is 0.251 e. The highest BCUT2D eigenvalue weighted by Gasteiger charge is 2.20. The Kier molecular flexibility index (Phi) is 4.79. The third kappa shape index (κ3) is 4.02. The van der Waals surface area contributed by atoms with E-state index in [0.29, 0.717) is 23.7 Å². The van der Waals surface area contributed by atoms with Gasteiger partial charge in [0.2, 0.25) is 0 Å². The van der Waals surface area contributed by atoms with Crippen LogP contribution >= 0.6 is 15.9 Å². The van der Waals surface area contributed by atoms with Gasteiger partial charge in [-0.15, -0.1) is 0 Å². The molecule has 0 spiro atoms. The van der Waals surface area contributed by atoms with Gasteiger partial charge < -0.3 is 11.1 Å². The number of nitrogens with two attached hydrogens (primary N) is 1. The van der Waals surface area contributed by atoms with Crippen LogP contribution in [0.2, 0.25) is 0 Å². The molecule has 0 saturated heterocycles. The second-order valence-electron chi connectivity index (χ2n) is 5.71. The van der Waals surface area contributed by atoms with Crippen molar-refractivity contribution in [2.24, 2.45) is 11.3 Å². The Morgan fingerprint density at radius 1 is 1.44 bits per heavy atom. The van der Waals surface area contributed by atoms with Crippen molar-refractivity contribution in [1.82, 2.24) is 5.32 Å². The molecular weight excluding hydrogens is 292 g/mol. The van der Waals surface area contributed by atoms with Gasteiger partial charge in [-0.3, -0.25) is 4.79 Å². The normalized spacial score (nSPS) is 13.2. The zero-order valence-electron chi connectivity index (χ0n) is 11.4. The molecule has 0 aliphatic carbocycles. The summed E-state index contributed by atoms with van der Waals surface area (Å²) in [4.78, 5) is 12.0. The highest BCUT2D eigenvalue weighted by Crippen LogP contribution is 2.24. The second kappa shape index (κ2) is 5.74. The Morgan fingerprint density at radius 3 is 2.56 bits per heavy atom. The molecule has 0 aromatic heterocycles. The summed E-state index contributed by atoms with van der Waals surface area (Å²) in [6, 6.07) is 5.20. The SMILES string of the molecule is CC(CNC(=O)c1ccc(N)c(Br)c1)C(C)(C)C. The third-order valence-electron chi connectivity index (χ3n) is 3.31. The lowest BCUT2D eigenvalue weighted by atomic mass is 9.82. The van der Waals surface area contributed by atoms with E-state index in [2.05, 4.69) is 48.9 Å². The zero-order chi connectivity index (χ0) is 13.9. The number of carbonyl (C=O) groups is 1. The first-order valence-corrected chi connectivity index (χ1v) is 6.84. The molecule has 1 unspecified atom stereocenters. The average Bonchev–Trinajstić information content (AvgIpc) is 2.27. The lowest BCUT2D eigenvalue weighted by Crippen LogP contribution is -2.33. The molecule has 0 heterocycles. The molecule has 0 radical (unpaired) electrons. The van der Waals surface area contributed by atoms with Crippen LogP contribution in [0.1, 0.15) is 38.1 Å². The topological polar surface area (TPSA) is 55.1 Å². The lowest BCUT2D eigenvalue weighted by Gasteiger charge is -2.27. The molecule has 0 fully saturated rings. The molecule has 3 nitrogen and oxygen atoms in total. The van der Waals surface area contributed by atoms with E-state index in [1.165, 1.54) is 0 Å². The van der Waals surface area contributed by atoms with Gasteiger partial charge in [-0.05, 0) is 45.5 Å². The third-order valence-corrected chi connectivity index (χ3v) is 4.00. The first-order valence-electron chi connectivity index (χ1n) is 6.05. The van der Waals surface area contributed by atoms with E-state index >= 15 is 0 Å². The summed E-state index contributed by atoms with van der Waals surface area (Å²) < 4.78 is 0.749. The summed E-state index contributed by atoms with van der Waals surface area (Å²) in [5.74, 6) is 0.352. The van der Waals surface area contributed by atoms with Crippen LogP contribution in [0.4, 0.5) is 5.69 Å². The number of amides is 1. The quantitative estimate of drug-likeness (QED) is 0.840. The van der Waals surface area contributed by atoms with Crippen molar-refractivity contribution in [2.45, 2.75) is 27.7 Å². The molecule has 0 aliphatic heterocycles. The minimum atomic E-state index is -0.0631. The monoisotopic (exact) mass is 312 g/mol. The van der Waals surface area contributed by atoms with E-state index in [1.54, 1.807) is 18.2 Å². The highest BCUT2D eigenvalue weighted by molar-refractivity contribution is 9.10. The predicted molar refractivity (Wildman–Crippen MR) is 79.5 cm³/mol. The highest BCUT2D eigenvalue weighted by atomic mass is 79.9. The molecule has 0 saturated carbocycles. The maximum Gasteiger partial charge on any atom is 0.251 e. The number of nitrogens with one attached hydrogen (secondary N) is 1. The minimum Gasteiger partial charge on any atom is -0.398 e. The second-order valence-corrected chi connectivity index (χ2v) is 6.57. The molecule has 1 aromatic carbocycles. The molecule has 0 aliphatic rings. The van der Waals surface area contributed by atoms with Gasteiger partial charge >= 0.3 is 0 Å². The molecular formula is C14H21BrN2O. The van der Waals surface area contributed by atoms with Crippen LogP contribution in [0.3, 0.4) is 0 Å². The van der Waals surface area contributed by atoms with Crippen LogP contribution in [0.15, 0.2) is 22.7 Å². The number of carbonyl (C=O) groups excluding carboxylic acids is 1. The molecule has 1 amide bonds. The van der Waals surface area contributed by atoms with Crippen LogP contribution < -0.4 is 11.1 Å². The Labute approximate surface area is 117 Å². The van der Waals surface area contributed by atoms with E-state index in [-0.39, 0.29) is 11.3 Å². The average molecular weight is 313 g/mol. The number of benzene rings is 1. The van der Waals surface area contributed by atoms with E-state index in [0.717, 1.165) is 4.47 Å². The standard InChI is InChI=1S/C14H21BrN2O/c1-9(14(2,3)4)8-17-13(18)10-5-6-12(16)11(15)7-10/h5-7,9H,8,16H2,1-4H3,(H,17,18). The summed E-state index contributed by atoms with van der Waals surface area (Å²) >= 11 is 3.32. The fraction of sp³-hybridized carbons (Fsp3) is 0.500. The predicted octanol–water partition coefficient (Wildman–Crippen LogP) is 3.44. The number of anilines is 1. The number of halogens is 1. The zero-order valence-corrected chi connectivity index (χ0v) is 13.0. The maximum atomic E-state index is 12.0. The molecule has 18 heavy (non-hydrogen) atoms. The van der Waals surface area contributed by atoms with Crippen LogP contribution in [0.5, 0.6) is 0 Å². The van der Waals surface area contributed by atoms with Gasteiger partial charge in [-0.1, -0.05) is 27.7 Å². The first-order chi connectivity index (χ1) is 8.21. The van der Waals surface area contributed by atoms with Gasteiger partial charge in [0.1, 0.15) is 0 Å². The van der Waals surface area contributed by atoms with E-state index in [4.69, 9.17) is 5.73 Å². The molecule has 100 valence electrons. The van der Waals surface area contributed by atoms with Crippen molar-refractivity contribution in [1.29, 1.82) is 0 Å². The van der Waals surface area contributed by atoms with Crippen molar-refractivity contribution >= 4 is 27.5 Å². The number of nitrogen functional groups attached to an aromatic ring is 1. The van der Waals surface area contributed by atoms with Crippen LogP contribution in [-0.4, -0.2) is 12.5 Å². The fourth-order valence-electron chi connectivity index (χ4n) is 1.32. The van der Waals surface area contributed by atoms with Crippen LogP contribution in [0.25, 0.3) is 0 Å². The summed E-state index contributed by atoms with van der Waals surface area (Å²) in [5, 5.41) is 2.95. The Hall–Kier alpha value is -1.03. The van der Waals surface area contributed by atoms with Crippen molar-refractivity contribution in [2.75, 3.05) is 12.3 Å². The van der Waals surface area contributed by atoms with Crippen molar-refractivity contribution in [3.05, 3.63) is 28.2 Å². The number of hydrogen-bond acceptors (Lipinski definition) is 2. The van der Waals surface area contributed by atoms with Crippen molar-refractivity contribution in [3.8, 4) is 0 Å². The van der Waals surface area contributed by atoms with E-state index in [9.17, 15) is 4.79 Å². The van der Waals surface area contributed by atoms with Gasteiger partial charge in [-0.25, -0.2) is 0 Å². The van der Waals surface area contributed by atoms with E-state index < -0.39 is 0 Å². The molecule has 4 heteroatoms. The Morgan fingerprint density at radius 2 is 2.06 bits per heavy atom. The molecule has 3 N–H and O–H groups in total. The van der Waals surface area contributed by atoms with Crippen LogP contribution in [-0.2, 0) is 0 Å². The lowest BCUT2D eigenvalue weighted by molar-refractivity contribution is 0.0937. The largest absolute Gasteiger partial charge is 0.398 e. The summed E-state index contributed by atoms with van der Waals surface area (Å²) in [7, 11) is 0. The molecule has 1 atom stereocenters. The van der Waals surface area contributed by atoms with Crippen molar-refractivity contribution in [3.63, 3.8) is 0 Å². The number of rotatable bonds is 3. The summed E-state index contributed by atoms with van der Waals surface area (Å²) in [5.41, 5.74) is 7.14. The van der Waals surface area contributed by atoms with Gasteiger partial charge in [0.15, 0.2) is 0 Å². The number of hydrogen-bond donors (Lipinski definition) is 2. The van der Waals surface area contributed by atoms with Gasteiger partial charge in [0, 0.05) is 22.3 Å². The van der Waals surface area contributed by atoms with Crippen LogP contribution in [0, 0.1) is 11.3 Å². The fourth-order valence-corrected chi connectivity index (χ4v) is 1.70. The Bertz CT molecular complexity index is 438. The van der Waals surface area contributed by atoms with Gasteiger partial charge in [-0.2, -0.15) is 0 Å². The van der Waals surface area contributed by atoms with E-state index in [1.807, 2.05) is 0 Å². The molecule has 1 aromatic rings. The van der Waals surface area contributed by atoms with Crippen molar-refractivity contribution < 1.29 is 4.79 Å².